The number of rotatable bonds is 6. The third kappa shape index (κ3) is 2.96. The van der Waals surface area contributed by atoms with Crippen molar-refractivity contribution in [1.82, 2.24) is 9.55 Å². The number of nitrogens with two attached hydrogens (primary N) is 1. The SMILES string of the molecule is CCCCn1c(C)nc(-c2cc(OC)ccc2OC)c1N. The number of ether oxygens (including phenoxy) is 2. The third-order valence-electron chi connectivity index (χ3n) is 3.59. The van der Waals surface area contributed by atoms with Gasteiger partial charge in [0.05, 0.1) is 14.2 Å². The maximum atomic E-state index is 6.30. The number of anilines is 1. The Kier molecular flexibility index (Phi) is 4.73. The van der Waals surface area contributed by atoms with E-state index in [1.807, 2.05) is 25.1 Å². The van der Waals surface area contributed by atoms with Crippen molar-refractivity contribution in [1.29, 1.82) is 0 Å². The van der Waals surface area contributed by atoms with Gasteiger partial charge in [-0.1, -0.05) is 13.3 Å². The maximum absolute atomic E-state index is 6.30. The molecule has 0 spiro atoms. The number of benzene rings is 1. The monoisotopic (exact) mass is 289 g/mol. The molecular weight excluding hydrogens is 266 g/mol. The predicted molar refractivity (Wildman–Crippen MR) is 84.8 cm³/mol. The average Bonchev–Trinajstić information content (AvgIpc) is 2.79. The van der Waals surface area contributed by atoms with Crippen molar-refractivity contribution in [2.24, 2.45) is 0 Å². The van der Waals surface area contributed by atoms with Crippen molar-refractivity contribution >= 4 is 5.82 Å². The van der Waals surface area contributed by atoms with Crippen LogP contribution < -0.4 is 15.2 Å². The normalized spacial score (nSPS) is 10.7. The Morgan fingerprint density at radius 3 is 2.62 bits per heavy atom. The van der Waals surface area contributed by atoms with Gasteiger partial charge in [-0.15, -0.1) is 0 Å². The summed E-state index contributed by atoms with van der Waals surface area (Å²) in [6.07, 6.45) is 2.20. The summed E-state index contributed by atoms with van der Waals surface area (Å²) >= 11 is 0. The van der Waals surface area contributed by atoms with E-state index in [9.17, 15) is 0 Å². The zero-order valence-corrected chi connectivity index (χ0v) is 13.1. The predicted octanol–water partition coefficient (Wildman–Crippen LogP) is 3.26. The molecule has 114 valence electrons. The van der Waals surface area contributed by atoms with Crippen molar-refractivity contribution in [2.75, 3.05) is 20.0 Å². The Balaban J connectivity index is 2.51. The minimum absolute atomic E-state index is 0.674. The van der Waals surface area contributed by atoms with E-state index in [4.69, 9.17) is 15.2 Å². The van der Waals surface area contributed by atoms with E-state index >= 15 is 0 Å². The van der Waals surface area contributed by atoms with Gasteiger partial charge in [-0.2, -0.15) is 0 Å². The molecule has 2 N–H and O–H groups in total. The molecule has 0 saturated carbocycles. The quantitative estimate of drug-likeness (QED) is 0.886. The summed E-state index contributed by atoms with van der Waals surface area (Å²) in [5.41, 5.74) is 7.90. The molecule has 0 fully saturated rings. The lowest BCUT2D eigenvalue weighted by atomic mass is 10.1. The standard InChI is InChI=1S/C16H23N3O2/c1-5-6-9-19-11(2)18-15(16(19)17)13-10-12(20-3)7-8-14(13)21-4/h7-8,10H,5-6,9,17H2,1-4H3. The Morgan fingerprint density at radius 2 is 2.00 bits per heavy atom. The summed E-state index contributed by atoms with van der Waals surface area (Å²) in [5.74, 6) is 3.09. The molecule has 0 amide bonds. The Morgan fingerprint density at radius 1 is 1.24 bits per heavy atom. The van der Waals surface area contributed by atoms with Gasteiger partial charge in [0.15, 0.2) is 0 Å². The van der Waals surface area contributed by atoms with Gasteiger partial charge in [0.25, 0.3) is 0 Å². The highest BCUT2D eigenvalue weighted by atomic mass is 16.5. The van der Waals surface area contributed by atoms with E-state index in [-0.39, 0.29) is 0 Å². The molecule has 0 atom stereocenters. The number of methoxy groups -OCH3 is 2. The number of aryl methyl sites for hydroxylation is 1. The van der Waals surface area contributed by atoms with Crippen molar-refractivity contribution in [3.05, 3.63) is 24.0 Å². The largest absolute Gasteiger partial charge is 0.497 e. The number of nitrogens with zero attached hydrogens (tertiary/aromatic N) is 2. The Hall–Kier alpha value is -2.17. The van der Waals surface area contributed by atoms with Gasteiger partial charge in [0, 0.05) is 12.1 Å². The second-order valence-electron chi connectivity index (χ2n) is 4.96. The minimum atomic E-state index is 0.674. The van der Waals surface area contributed by atoms with Crippen molar-refractivity contribution < 1.29 is 9.47 Å². The van der Waals surface area contributed by atoms with Crippen LogP contribution in [0.1, 0.15) is 25.6 Å². The van der Waals surface area contributed by atoms with Gasteiger partial charge >= 0.3 is 0 Å². The molecule has 21 heavy (non-hydrogen) atoms. The fourth-order valence-electron chi connectivity index (χ4n) is 2.38. The maximum Gasteiger partial charge on any atom is 0.131 e. The lowest BCUT2D eigenvalue weighted by Crippen LogP contribution is -2.05. The molecule has 0 aliphatic carbocycles. The van der Waals surface area contributed by atoms with Crippen LogP contribution in [0.25, 0.3) is 11.3 Å². The van der Waals surface area contributed by atoms with E-state index < -0.39 is 0 Å². The van der Waals surface area contributed by atoms with E-state index in [1.165, 1.54) is 0 Å². The fourth-order valence-corrected chi connectivity index (χ4v) is 2.38. The molecule has 0 bridgehead atoms. The van der Waals surface area contributed by atoms with Gasteiger partial charge in [-0.3, -0.25) is 0 Å². The van der Waals surface area contributed by atoms with E-state index in [2.05, 4.69) is 16.5 Å². The number of hydrogen-bond acceptors (Lipinski definition) is 4. The summed E-state index contributed by atoms with van der Waals surface area (Å²) in [6.45, 7) is 5.02. The summed E-state index contributed by atoms with van der Waals surface area (Å²) < 4.78 is 12.8. The Bertz CT molecular complexity index is 620. The first kappa shape index (κ1) is 15.2. The molecule has 0 aliphatic heterocycles. The van der Waals surface area contributed by atoms with Crippen LogP contribution in [-0.4, -0.2) is 23.8 Å². The molecule has 1 aromatic carbocycles. The molecule has 0 radical (unpaired) electrons. The Labute approximate surface area is 125 Å². The summed E-state index contributed by atoms with van der Waals surface area (Å²) in [7, 11) is 3.28. The van der Waals surface area contributed by atoms with Gasteiger partial charge in [0.1, 0.15) is 28.8 Å². The molecule has 0 saturated heterocycles. The van der Waals surface area contributed by atoms with Crippen LogP contribution in [0, 0.1) is 6.92 Å². The van der Waals surface area contributed by atoms with Crippen LogP contribution in [0.3, 0.4) is 0 Å². The average molecular weight is 289 g/mol. The minimum Gasteiger partial charge on any atom is -0.497 e. The lowest BCUT2D eigenvalue weighted by molar-refractivity contribution is 0.404. The van der Waals surface area contributed by atoms with Crippen LogP contribution in [0.4, 0.5) is 5.82 Å². The highest BCUT2D eigenvalue weighted by molar-refractivity contribution is 5.77. The zero-order valence-electron chi connectivity index (χ0n) is 13.1. The van der Waals surface area contributed by atoms with Crippen LogP contribution in [-0.2, 0) is 6.54 Å². The number of aromatic nitrogens is 2. The summed E-state index contributed by atoms with van der Waals surface area (Å²) in [6, 6.07) is 5.63. The lowest BCUT2D eigenvalue weighted by Gasteiger charge is -2.10. The molecule has 2 rings (SSSR count). The van der Waals surface area contributed by atoms with Crippen LogP contribution in [0.15, 0.2) is 18.2 Å². The third-order valence-corrected chi connectivity index (χ3v) is 3.59. The molecular formula is C16H23N3O2. The molecule has 1 heterocycles. The molecule has 1 aromatic heterocycles. The van der Waals surface area contributed by atoms with Gasteiger partial charge in [-0.05, 0) is 31.5 Å². The smallest absolute Gasteiger partial charge is 0.131 e. The van der Waals surface area contributed by atoms with E-state index in [0.717, 1.165) is 48.0 Å². The second-order valence-corrected chi connectivity index (χ2v) is 4.96. The highest BCUT2D eigenvalue weighted by Gasteiger charge is 2.17. The first-order valence-electron chi connectivity index (χ1n) is 7.17. The second kappa shape index (κ2) is 6.52. The fraction of sp³-hybridized carbons (Fsp3) is 0.438. The number of hydrogen-bond donors (Lipinski definition) is 1. The van der Waals surface area contributed by atoms with E-state index in [1.54, 1.807) is 14.2 Å². The van der Waals surface area contributed by atoms with Gasteiger partial charge in [0.2, 0.25) is 0 Å². The molecule has 0 unspecified atom stereocenters. The molecule has 5 nitrogen and oxygen atoms in total. The van der Waals surface area contributed by atoms with Crippen molar-refractivity contribution in [2.45, 2.75) is 33.2 Å². The number of imidazole rings is 1. The zero-order chi connectivity index (χ0) is 15.4. The first-order chi connectivity index (χ1) is 10.1. The molecule has 0 aliphatic rings. The highest BCUT2D eigenvalue weighted by Crippen LogP contribution is 2.36. The van der Waals surface area contributed by atoms with Crippen LogP contribution >= 0.6 is 0 Å². The van der Waals surface area contributed by atoms with Crippen LogP contribution in [0.5, 0.6) is 11.5 Å². The summed E-state index contributed by atoms with van der Waals surface area (Å²) in [4.78, 5) is 4.62. The number of nitrogen functional groups attached to an aromatic ring is 1. The topological polar surface area (TPSA) is 62.3 Å². The van der Waals surface area contributed by atoms with Gasteiger partial charge in [-0.25, -0.2) is 4.98 Å². The first-order valence-corrected chi connectivity index (χ1v) is 7.17. The van der Waals surface area contributed by atoms with Crippen LogP contribution in [0.2, 0.25) is 0 Å². The van der Waals surface area contributed by atoms with Gasteiger partial charge < -0.3 is 19.8 Å². The molecule has 2 aromatic rings. The molecule has 5 heteroatoms. The number of unbranched alkanes of at least 4 members (excludes halogenated alkanes) is 1. The van der Waals surface area contributed by atoms with Crippen molar-refractivity contribution in [3.63, 3.8) is 0 Å². The van der Waals surface area contributed by atoms with E-state index in [0.29, 0.717) is 5.82 Å². The summed E-state index contributed by atoms with van der Waals surface area (Å²) in [5, 5.41) is 0. The van der Waals surface area contributed by atoms with Crippen molar-refractivity contribution in [3.8, 4) is 22.8 Å².